The van der Waals surface area contributed by atoms with E-state index in [1.807, 2.05) is 0 Å². The van der Waals surface area contributed by atoms with Crippen LogP contribution in [-0.2, 0) is 41.8 Å². The van der Waals surface area contributed by atoms with Crippen molar-refractivity contribution in [3.63, 3.8) is 0 Å². The van der Waals surface area contributed by atoms with Crippen molar-refractivity contribution in [1.82, 2.24) is 45.4 Å². The molecule has 0 radical (unpaired) electrons. The fourth-order valence-electron chi connectivity index (χ4n) is 15.1. The van der Waals surface area contributed by atoms with Crippen molar-refractivity contribution in [1.29, 1.82) is 0 Å². The van der Waals surface area contributed by atoms with Crippen molar-refractivity contribution in [3.8, 4) is 0 Å². The van der Waals surface area contributed by atoms with E-state index in [-0.39, 0.29) is 58.9 Å². The zero-order chi connectivity index (χ0) is 77.0. The third-order valence-electron chi connectivity index (χ3n) is 20.3. The number of likely N-dealkylation sites (tertiary alicyclic amines) is 1. The second-order valence-electron chi connectivity index (χ2n) is 30.0. The lowest BCUT2D eigenvalue weighted by Crippen LogP contribution is -2.55. The van der Waals surface area contributed by atoms with Crippen molar-refractivity contribution in [2.75, 3.05) is 98.6 Å². The van der Waals surface area contributed by atoms with Crippen LogP contribution >= 0.6 is 21.4 Å². The molecule has 7 aliphatic rings. The number of hydrogen-bond acceptors (Lipinski definition) is 18. The minimum absolute atomic E-state index is 0.00832. The summed E-state index contributed by atoms with van der Waals surface area (Å²) in [7, 11) is -5.23. The van der Waals surface area contributed by atoms with E-state index in [0.717, 1.165) is 62.9 Å². The molecule has 13 rings (SSSR count). The number of amides is 2. The molecule has 578 valence electrons. The molecule has 1 aliphatic heterocycles. The molecule has 1 saturated heterocycles. The van der Waals surface area contributed by atoms with Gasteiger partial charge in [-0.2, -0.15) is 67.6 Å². The van der Waals surface area contributed by atoms with Gasteiger partial charge in [-0.05, 0) is 234 Å². The Labute approximate surface area is 607 Å². The van der Waals surface area contributed by atoms with Crippen LogP contribution in [0.1, 0.15) is 119 Å². The van der Waals surface area contributed by atoms with E-state index in [1.165, 1.54) is 19.3 Å². The van der Waals surface area contributed by atoms with E-state index in [2.05, 4.69) is 84.4 Å². The summed E-state index contributed by atoms with van der Waals surface area (Å²) < 4.78 is 197. The van der Waals surface area contributed by atoms with E-state index >= 15 is 0 Å². The Balaban J connectivity index is 0.000000171. The molecule has 20 nitrogen and oxygen atoms in total. The third kappa shape index (κ3) is 22.3. The van der Waals surface area contributed by atoms with Gasteiger partial charge in [0.05, 0.1) is 12.3 Å². The second kappa shape index (κ2) is 32.7. The molecule has 6 aromatic rings. The van der Waals surface area contributed by atoms with Gasteiger partial charge in [0.25, 0.3) is 0 Å². The quantitative estimate of drug-likeness (QED) is 0.0261. The maximum Gasteiger partial charge on any atom is 0.421 e. The van der Waals surface area contributed by atoms with Crippen molar-refractivity contribution in [3.05, 3.63) is 108 Å². The van der Waals surface area contributed by atoms with Gasteiger partial charge in [0, 0.05) is 87.7 Å². The summed E-state index contributed by atoms with van der Waals surface area (Å²) in [4.78, 5) is 51.5. The summed E-state index contributed by atoms with van der Waals surface area (Å²) in [5, 5.41) is 25.1. The van der Waals surface area contributed by atoms with Crippen LogP contribution in [0.25, 0.3) is 0 Å². The summed E-state index contributed by atoms with van der Waals surface area (Å²) in [6.45, 7) is 11.2. The Hall–Kier alpha value is -7.55. The molecule has 6 saturated carbocycles. The monoisotopic (exact) mass is 1550 g/mol. The Kier molecular flexibility index (Phi) is 25.0. The van der Waals surface area contributed by atoms with Gasteiger partial charge in [0.15, 0.2) is 0 Å². The summed E-state index contributed by atoms with van der Waals surface area (Å²) in [6.07, 6.45) is -5.61. The van der Waals surface area contributed by atoms with Crippen LogP contribution in [0.2, 0.25) is 0 Å². The molecular weight excluding hydrogens is 1460 g/mol. The molecule has 7 fully saturated rings. The van der Waals surface area contributed by atoms with Gasteiger partial charge >= 0.3 is 24.7 Å². The number of piperidine rings is 1. The molecular formula is C71H90F12N15O5P3. The molecule has 2 amide bonds. The van der Waals surface area contributed by atoms with Gasteiger partial charge in [0.2, 0.25) is 29.7 Å². The lowest BCUT2D eigenvalue weighted by Gasteiger charge is -2.57. The number of anilines is 9. The summed E-state index contributed by atoms with van der Waals surface area (Å²) in [5.41, 5.74) is -1.56. The van der Waals surface area contributed by atoms with Crippen molar-refractivity contribution in [2.24, 2.45) is 29.6 Å². The molecule has 0 spiro atoms. The van der Waals surface area contributed by atoms with E-state index < -0.39 is 99.5 Å². The van der Waals surface area contributed by atoms with Crippen LogP contribution in [0.4, 0.5) is 105 Å². The normalized spacial score (nSPS) is 22.9. The zero-order valence-corrected chi connectivity index (χ0v) is 62.4. The van der Waals surface area contributed by atoms with Gasteiger partial charge in [-0.3, -0.25) is 9.59 Å². The topological polar surface area (TPSA) is 262 Å². The fourth-order valence-corrected chi connectivity index (χ4v) is 17.7. The largest absolute Gasteiger partial charge is 0.421 e. The van der Waals surface area contributed by atoms with E-state index in [0.29, 0.717) is 96.6 Å². The van der Waals surface area contributed by atoms with Crippen LogP contribution in [-0.4, -0.2) is 143 Å². The predicted molar refractivity (Wildman–Crippen MR) is 389 cm³/mol. The molecule has 8 N–H and O–H groups in total. The second-order valence-corrected chi connectivity index (χ2v) is 39.6. The molecule has 3 aromatic heterocycles. The van der Waals surface area contributed by atoms with Gasteiger partial charge in [-0.1, -0.05) is 12.8 Å². The zero-order valence-electron chi connectivity index (χ0n) is 59.8. The van der Waals surface area contributed by atoms with Crippen LogP contribution < -0.4 is 58.4 Å². The minimum Gasteiger partial charge on any atom is -0.367 e. The van der Waals surface area contributed by atoms with Gasteiger partial charge in [-0.15, -0.1) is 0 Å². The molecule has 4 heterocycles. The number of nitrogens with one attached hydrogen (secondary N) is 8. The highest BCUT2D eigenvalue weighted by molar-refractivity contribution is 7.70. The first-order valence-corrected chi connectivity index (χ1v) is 43.1. The van der Waals surface area contributed by atoms with Gasteiger partial charge < -0.3 is 61.1 Å². The SMILES string of the molecule is CN1CCC(NC(=O)C2CCC(Nc3nc(Nc4ccc(P(C)(C)=O)cc4)ncc3C(F)(F)F)C2)CC1.CP(C)(=O)c1ccc(Nc2ncc(C(F)(F)F)c(NC34CC5CC(CC(C5)C3)C4)n2)cc1.CP(C)(=O)c1ccc(Nc2ncc(C(F)(F)F)c(NC3CCCCC3C(=O)NCCC(F)(F)F)n2)cc1. The lowest BCUT2D eigenvalue weighted by molar-refractivity contribution is -0.138. The van der Waals surface area contributed by atoms with Crippen LogP contribution in [0.5, 0.6) is 0 Å². The number of alkyl halides is 12. The maximum absolute atomic E-state index is 13.8. The molecule has 3 aromatic carbocycles. The van der Waals surface area contributed by atoms with Gasteiger partial charge in [-0.25, -0.2) is 15.0 Å². The molecule has 4 bridgehead atoms. The number of carbonyl (C=O) groups excluding carboxylic acids is 2. The smallest absolute Gasteiger partial charge is 0.367 e. The Bertz CT molecular complexity index is 4150. The number of benzene rings is 3. The van der Waals surface area contributed by atoms with Crippen molar-refractivity contribution in [2.45, 2.75) is 151 Å². The van der Waals surface area contributed by atoms with Crippen LogP contribution in [0.3, 0.4) is 0 Å². The number of hydrogen-bond donors (Lipinski definition) is 8. The Morgan fingerprint density at radius 3 is 1.29 bits per heavy atom. The maximum atomic E-state index is 13.8. The molecule has 6 aliphatic carbocycles. The standard InChI is InChI=1S/C25H34F3N6O2P.C23H28F6N5O2P.C23H28F3N4OP/c1-34-12-10-18(11-13-34)31-23(35)16-4-5-19(14-16)30-22-21(25(26,27)28)15-29-24(33-22)32-17-6-8-20(9-7-17)37(2,3)36;1-37(2,36)15-9-7-14(8-10-15)32-21-31-13-17(23(27,28)29)19(34-21)33-18-6-4-3-5-16(18)20(35)30-12-11-22(24,25)26;1-32(2,31)18-5-3-17(4-6-18)28-21-27-13-19(23(24,25)26)20(29-21)30-22-10-14-7-15(11-22)9-16(8-14)12-22/h6-9,15-16,18-19H,4-5,10-14H2,1-3H3,(H,31,35)(H2,29,30,32,33);7-10,13,16,18H,3-6,11-12H2,1-2H3,(H,30,35)(H2,31,32,33,34);3-6,13-16H,7-12H2,1-2H3,(H2,27,28,29,30). The van der Waals surface area contributed by atoms with Crippen molar-refractivity contribution >= 4 is 102 Å². The number of rotatable bonds is 20. The number of carbonyl (C=O) groups is 2. The van der Waals surface area contributed by atoms with E-state index in [9.17, 15) is 76.0 Å². The highest BCUT2D eigenvalue weighted by atomic mass is 31.2. The lowest BCUT2D eigenvalue weighted by atomic mass is 9.53. The summed E-state index contributed by atoms with van der Waals surface area (Å²) in [6, 6.07) is 19.3. The molecule has 106 heavy (non-hydrogen) atoms. The van der Waals surface area contributed by atoms with Crippen LogP contribution in [0, 0.1) is 29.6 Å². The van der Waals surface area contributed by atoms with E-state index in [4.69, 9.17) is 0 Å². The average molecular weight is 1550 g/mol. The Morgan fingerprint density at radius 1 is 0.491 bits per heavy atom. The average Bonchev–Trinajstić information content (AvgIpc) is 0.928. The van der Waals surface area contributed by atoms with Crippen LogP contribution in [0.15, 0.2) is 91.4 Å². The fraction of sp³-hybridized carbons (Fsp3) is 0.549. The molecule has 4 atom stereocenters. The van der Waals surface area contributed by atoms with Crippen molar-refractivity contribution < 1.29 is 76.0 Å². The molecule has 35 heteroatoms. The number of aromatic nitrogens is 6. The first-order chi connectivity index (χ1) is 49.5. The number of halogens is 12. The van der Waals surface area contributed by atoms with E-state index in [1.54, 1.807) is 113 Å². The highest BCUT2D eigenvalue weighted by Gasteiger charge is 2.52. The Morgan fingerprint density at radius 2 is 0.887 bits per heavy atom. The third-order valence-corrected chi connectivity index (χ3v) is 24.9. The van der Waals surface area contributed by atoms with Gasteiger partial charge in [0.1, 0.15) is 55.6 Å². The summed E-state index contributed by atoms with van der Waals surface area (Å²) >= 11 is 0. The highest BCUT2D eigenvalue weighted by Crippen LogP contribution is 2.57. The predicted octanol–water partition coefficient (Wildman–Crippen LogP) is 15.7. The molecule has 4 unspecified atom stereocenters. The number of nitrogens with zero attached hydrogens (tertiary/aromatic N) is 7. The first-order valence-electron chi connectivity index (χ1n) is 35.3. The first kappa shape index (κ1) is 81.0. The minimum atomic E-state index is -4.79. The summed E-state index contributed by atoms with van der Waals surface area (Å²) in [5.74, 6) is -0.915.